The van der Waals surface area contributed by atoms with E-state index < -0.39 is 0 Å². The number of amidine groups is 1. The first-order valence-electron chi connectivity index (χ1n) is 7.31. The highest BCUT2D eigenvalue weighted by molar-refractivity contribution is 8.13. The van der Waals surface area contributed by atoms with Crippen molar-refractivity contribution in [3.8, 4) is 6.19 Å². The van der Waals surface area contributed by atoms with Crippen molar-refractivity contribution in [3.05, 3.63) is 59.2 Å². The summed E-state index contributed by atoms with van der Waals surface area (Å²) >= 11 is 1.30. The largest absolute Gasteiger partial charge is 0.321 e. The van der Waals surface area contributed by atoms with Crippen LogP contribution in [0.15, 0.2) is 47.5 Å². The molecule has 0 saturated carbocycles. The molecule has 0 radical (unpaired) electrons. The molecular formula is C18H18N4OS. The third-order valence-corrected chi connectivity index (χ3v) is 4.03. The normalized spacial score (nSPS) is 10.8. The van der Waals surface area contributed by atoms with Gasteiger partial charge in [-0.1, -0.05) is 42.1 Å². The van der Waals surface area contributed by atoms with Crippen molar-refractivity contribution in [3.63, 3.8) is 0 Å². The lowest BCUT2D eigenvalue weighted by Crippen LogP contribution is -2.15. The summed E-state index contributed by atoms with van der Waals surface area (Å²) in [5, 5.41) is 14.6. The molecule has 122 valence electrons. The summed E-state index contributed by atoms with van der Waals surface area (Å²) in [6.45, 7) is 3.91. The number of rotatable bonds is 3. The Morgan fingerprint density at radius 2 is 1.79 bits per heavy atom. The zero-order chi connectivity index (χ0) is 17.5. The number of thioether (sulfide) groups is 1. The molecule has 0 fully saturated rings. The Labute approximate surface area is 145 Å². The van der Waals surface area contributed by atoms with E-state index in [1.807, 2.05) is 44.5 Å². The fourth-order valence-electron chi connectivity index (χ4n) is 2.24. The monoisotopic (exact) mass is 338 g/mol. The predicted molar refractivity (Wildman–Crippen MR) is 99.7 cm³/mol. The Kier molecular flexibility index (Phi) is 5.99. The maximum Gasteiger partial charge on any atom is 0.257 e. The predicted octanol–water partition coefficient (Wildman–Crippen LogP) is 3.98. The van der Waals surface area contributed by atoms with Gasteiger partial charge < -0.3 is 5.32 Å². The van der Waals surface area contributed by atoms with Crippen molar-refractivity contribution in [2.45, 2.75) is 13.8 Å². The second-order valence-electron chi connectivity index (χ2n) is 5.10. The number of hydrogen-bond donors (Lipinski definition) is 2. The molecule has 2 aromatic carbocycles. The van der Waals surface area contributed by atoms with Gasteiger partial charge in [-0.15, -0.1) is 0 Å². The highest BCUT2D eigenvalue weighted by atomic mass is 32.2. The summed E-state index contributed by atoms with van der Waals surface area (Å²) in [5.74, 6) is -0.232. The van der Waals surface area contributed by atoms with E-state index in [9.17, 15) is 4.79 Å². The van der Waals surface area contributed by atoms with E-state index in [1.54, 1.807) is 24.3 Å². The quantitative estimate of drug-likeness (QED) is 0.384. The highest BCUT2D eigenvalue weighted by Gasteiger charge is 2.13. The number of para-hydroxylation sites is 2. The average Bonchev–Trinajstić information content (AvgIpc) is 2.58. The van der Waals surface area contributed by atoms with Crippen LogP contribution in [0, 0.1) is 25.3 Å². The molecule has 0 bridgehead atoms. The van der Waals surface area contributed by atoms with Crippen LogP contribution in [0.25, 0.3) is 0 Å². The fraction of sp³-hybridized carbons (Fsp3) is 0.167. The fourth-order valence-corrected chi connectivity index (χ4v) is 2.57. The van der Waals surface area contributed by atoms with Crippen molar-refractivity contribution < 1.29 is 4.79 Å². The van der Waals surface area contributed by atoms with Gasteiger partial charge >= 0.3 is 0 Å². The van der Waals surface area contributed by atoms with Gasteiger partial charge in [0.05, 0.1) is 11.3 Å². The number of aliphatic imine (C=N–C) groups is 1. The lowest BCUT2D eigenvalue weighted by molar-refractivity contribution is 0.102. The summed E-state index contributed by atoms with van der Waals surface area (Å²) in [6, 6.07) is 12.9. The van der Waals surface area contributed by atoms with Crippen LogP contribution in [-0.4, -0.2) is 17.3 Å². The molecule has 0 atom stereocenters. The van der Waals surface area contributed by atoms with E-state index in [1.165, 1.54) is 11.8 Å². The molecule has 0 aliphatic rings. The van der Waals surface area contributed by atoms with Crippen molar-refractivity contribution >= 4 is 34.2 Å². The molecule has 1 amide bonds. The molecule has 0 heterocycles. The van der Waals surface area contributed by atoms with E-state index in [0.29, 0.717) is 16.4 Å². The van der Waals surface area contributed by atoms with Crippen LogP contribution in [-0.2, 0) is 0 Å². The Bertz CT molecular complexity index is 804. The number of benzene rings is 2. The van der Waals surface area contributed by atoms with E-state index in [4.69, 9.17) is 5.26 Å². The number of anilines is 1. The van der Waals surface area contributed by atoms with Gasteiger partial charge in [0.25, 0.3) is 5.91 Å². The molecular weight excluding hydrogens is 320 g/mol. The number of hydrogen-bond acceptors (Lipinski definition) is 4. The van der Waals surface area contributed by atoms with Gasteiger partial charge in [0.15, 0.2) is 11.4 Å². The second-order valence-corrected chi connectivity index (χ2v) is 5.89. The Hall–Kier alpha value is -2.78. The van der Waals surface area contributed by atoms with Crippen LogP contribution < -0.4 is 10.6 Å². The Morgan fingerprint density at radius 1 is 1.12 bits per heavy atom. The first-order chi connectivity index (χ1) is 11.6. The van der Waals surface area contributed by atoms with Gasteiger partial charge in [0.1, 0.15) is 0 Å². The topological polar surface area (TPSA) is 77.3 Å². The number of aryl methyl sites for hydroxylation is 2. The van der Waals surface area contributed by atoms with Crippen LogP contribution in [0.5, 0.6) is 0 Å². The SMILES string of the molecule is CSC(=Nc1ccccc1C(=O)Nc1c(C)cccc1C)NC#N. The number of nitrogens with zero attached hydrogens (tertiary/aromatic N) is 2. The first-order valence-corrected chi connectivity index (χ1v) is 8.53. The minimum absolute atomic E-state index is 0.232. The van der Waals surface area contributed by atoms with Crippen molar-refractivity contribution in [2.24, 2.45) is 4.99 Å². The lowest BCUT2D eigenvalue weighted by Gasteiger charge is -2.12. The summed E-state index contributed by atoms with van der Waals surface area (Å²) in [4.78, 5) is 17.1. The molecule has 0 aliphatic heterocycles. The molecule has 5 nitrogen and oxygen atoms in total. The molecule has 0 saturated heterocycles. The Morgan fingerprint density at radius 3 is 2.42 bits per heavy atom. The van der Waals surface area contributed by atoms with Gasteiger partial charge in [-0.3, -0.25) is 10.1 Å². The number of nitriles is 1. The molecule has 6 heteroatoms. The summed E-state index contributed by atoms with van der Waals surface area (Å²) in [5.41, 5.74) is 3.77. The zero-order valence-electron chi connectivity index (χ0n) is 13.8. The number of carbonyl (C=O) groups is 1. The summed E-state index contributed by atoms with van der Waals surface area (Å²) < 4.78 is 0. The molecule has 0 spiro atoms. The van der Waals surface area contributed by atoms with Gasteiger partial charge in [-0.25, -0.2) is 4.99 Å². The third kappa shape index (κ3) is 4.15. The van der Waals surface area contributed by atoms with Gasteiger partial charge in [0, 0.05) is 5.69 Å². The van der Waals surface area contributed by atoms with Crippen LogP contribution in [0.2, 0.25) is 0 Å². The molecule has 0 unspecified atom stereocenters. The van der Waals surface area contributed by atoms with Crippen LogP contribution in [0.4, 0.5) is 11.4 Å². The lowest BCUT2D eigenvalue weighted by atomic mass is 10.1. The molecule has 2 aromatic rings. The minimum atomic E-state index is -0.232. The molecule has 2 N–H and O–H groups in total. The van der Waals surface area contributed by atoms with Crippen LogP contribution >= 0.6 is 11.8 Å². The van der Waals surface area contributed by atoms with Crippen molar-refractivity contribution in [1.82, 2.24) is 5.32 Å². The Balaban J connectivity index is 2.36. The number of carbonyl (C=O) groups excluding carboxylic acids is 1. The van der Waals surface area contributed by atoms with E-state index in [2.05, 4.69) is 15.6 Å². The summed E-state index contributed by atoms with van der Waals surface area (Å²) in [7, 11) is 0. The number of nitrogens with one attached hydrogen (secondary N) is 2. The van der Waals surface area contributed by atoms with E-state index >= 15 is 0 Å². The minimum Gasteiger partial charge on any atom is -0.321 e. The highest BCUT2D eigenvalue weighted by Crippen LogP contribution is 2.24. The third-order valence-electron chi connectivity index (χ3n) is 3.45. The van der Waals surface area contributed by atoms with Crippen LogP contribution in [0.1, 0.15) is 21.5 Å². The van der Waals surface area contributed by atoms with Crippen molar-refractivity contribution in [1.29, 1.82) is 5.26 Å². The zero-order valence-corrected chi connectivity index (χ0v) is 14.6. The summed E-state index contributed by atoms with van der Waals surface area (Å²) in [6.07, 6.45) is 3.65. The van der Waals surface area contributed by atoms with E-state index in [-0.39, 0.29) is 5.91 Å². The molecule has 2 rings (SSSR count). The molecule has 24 heavy (non-hydrogen) atoms. The van der Waals surface area contributed by atoms with Gasteiger partial charge in [0.2, 0.25) is 0 Å². The average molecular weight is 338 g/mol. The first kappa shape index (κ1) is 17.6. The van der Waals surface area contributed by atoms with Crippen molar-refractivity contribution in [2.75, 3.05) is 11.6 Å². The maximum atomic E-state index is 12.7. The van der Waals surface area contributed by atoms with E-state index in [0.717, 1.165) is 16.8 Å². The van der Waals surface area contributed by atoms with Gasteiger partial charge in [-0.2, -0.15) is 5.26 Å². The second kappa shape index (κ2) is 8.18. The smallest absolute Gasteiger partial charge is 0.257 e. The number of amides is 1. The molecule has 0 aliphatic carbocycles. The molecule has 0 aromatic heterocycles. The maximum absolute atomic E-state index is 12.7. The van der Waals surface area contributed by atoms with Crippen LogP contribution in [0.3, 0.4) is 0 Å². The van der Waals surface area contributed by atoms with Gasteiger partial charge in [-0.05, 0) is 43.4 Å². The standard InChI is InChI=1S/C18H18N4OS/c1-12-7-6-8-13(2)16(12)22-17(23)14-9-4-5-10-15(14)21-18(24-3)20-11-19/h4-10H,1-3H3,(H,20,21)(H,22,23).